The summed E-state index contributed by atoms with van der Waals surface area (Å²) in [6.07, 6.45) is 12.6. The Labute approximate surface area is 235 Å². The normalized spacial score (nSPS) is 13.5. The van der Waals surface area contributed by atoms with Crippen molar-refractivity contribution < 1.29 is 0 Å². The molecule has 0 saturated heterocycles. The maximum atomic E-state index is 4.57. The molecule has 0 unspecified atom stereocenters. The first-order valence-electron chi connectivity index (χ1n) is 13.8. The van der Waals surface area contributed by atoms with Crippen molar-refractivity contribution in [2.45, 2.75) is 47.1 Å². The molecule has 1 aliphatic rings. The van der Waals surface area contributed by atoms with Gasteiger partial charge < -0.3 is 4.90 Å². The van der Waals surface area contributed by atoms with Crippen LogP contribution in [0.4, 0.5) is 0 Å². The van der Waals surface area contributed by atoms with E-state index < -0.39 is 0 Å². The van der Waals surface area contributed by atoms with Crippen LogP contribution in [0.1, 0.15) is 67.5 Å². The number of nitrogens with zero attached hydrogens (tertiary/aromatic N) is 1. The van der Waals surface area contributed by atoms with Gasteiger partial charge in [0.05, 0.1) is 0 Å². The molecule has 1 aliphatic carbocycles. The summed E-state index contributed by atoms with van der Waals surface area (Å²) in [4.78, 5) is 2.28. The van der Waals surface area contributed by atoms with E-state index in [-0.39, 0.29) is 5.41 Å². The fraction of sp³-hybridized carbons (Fsp3) is 0.211. The second-order valence-corrected chi connectivity index (χ2v) is 11.5. The number of hydrogen-bond acceptors (Lipinski definition) is 1. The van der Waals surface area contributed by atoms with Crippen molar-refractivity contribution >= 4 is 23.4 Å². The molecule has 0 bridgehead atoms. The molecule has 0 spiro atoms. The average Bonchev–Trinajstić information content (AvgIpc) is 3.37. The second kappa shape index (κ2) is 12.2. The van der Waals surface area contributed by atoms with Crippen LogP contribution in [0.3, 0.4) is 0 Å². The lowest BCUT2D eigenvalue weighted by molar-refractivity contribution is 0.420. The zero-order chi connectivity index (χ0) is 28.0. The van der Waals surface area contributed by atoms with E-state index in [2.05, 4.69) is 143 Å². The summed E-state index contributed by atoms with van der Waals surface area (Å²) >= 11 is 0. The molecule has 0 heterocycles. The van der Waals surface area contributed by atoms with Crippen molar-refractivity contribution in [3.63, 3.8) is 0 Å². The van der Waals surface area contributed by atoms with Crippen LogP contribution in [-0.4, -0.2) is 4.90 Å². The highest BCUT2D eigenvalue weighted by Crippen LogP contribution is 2.33. The maximum absolute atomic E-state index is 4.57. The summed E-state index contributed by atoms with van der Waals surface area (Å²) in [7, 11) is 0. The van der Waals surface area contributed by atoms with Gasteiger partial charge in [0, 0.05) is 17.9 Å². The minimum atomic E-state index is 0.249. The summed E-state index contributed by atoms with van der Waals surface area (Å²) in [5.74, 6) is 0. The predicted molar refractivity (Wildman–Crippen MR) is 172 cm³/mol. The van der Waals surface area contributed by atoms with Crippen molar-refractivity contribution in [2.75, 3.05) is 0 Å². The molecule has 3 aromatic carbocycles. The zero-order valence-corrected chi connectivity index (χ0v) is 24.0. The molecule has 198 valence electrons. The molecule has 1 heteroatoms. The van der Waals surface area contributed by atoms with E-state index in [9.17, 15) is 0 Å². The average molecular weight is 512 g/mol. The largest absolute Gasteiger partial charge is 0.337 e. The molecular weight excluding hydrogens is 470 g/mol. The Morgan fingerprint density at radius 2 is 1.62 bits per heavy atom. The highest BCUT2D eigenvalue weighted by atomic mass is 15.1. The molecule has 0 N–H and O–H groups in total. The van der Waals surface area contributed by atoms with Crippen molar-refractivity contribution in [1.29, 1.82) is 0 Å². The van der Waals surface area contributed by atoms with Crippen molar-refractivity contribution in [1.82, 2.24) is 4.90 Å². The summed E-state index contributed by atoms with van der Waals surface area (Å²) in [5, 5.41) is 0. The van der Waals surface area contributed by atoms with Crippen molar-refractivity contribution in [2.24, 2.45) is 5.41 Å². The molecule has 3 aromatic rings. The molecule has 0 fully saturated rings. The Morgan fingerprint density at radius 1 is 0.923 bits per heavy atom. The monoisotopic (exact) mass is 511 g/mol. The third-order valence-corrected chi connectivity index (χ3v) is 7.22. The van der Waals surface area contributed by atoms with E-state index in [1.165, 1.54) is 33.4 Å². The molecule has 39 heavy (non-hydrogen) atoms. The zero-order valence-electron chi connectivity index (χ0n) is 24.0. The Bertz CT molecular complexity index is 1430. The van der Waals surface area contributed by atoms with Gasteiger partial charge in [0.2, 0.25) is 0 Å². The SMILES string of the molecule is C=C/C(=C(C)\C=C/CC(C)(C)C)N(Cc1ccc(C=C)cc1)C(=C)c1ccc(C2=Cc3ccccc3C2)cc1. The molecule has 0 atom stereocenters. The van der Waals surface area contributed by atoms with Crippen LogP contribution >= 0.6 is 0 Å². The third-order valence-electron chi connectivity index (χ3n) is 7.22. The highest BCUT2D eigenvalue weighted by Gasteiger charge is 2.17. The summed E-state index contributed by atoms with van der Waals surface area (Å²) in [6, 6.07) is 26.0. The Hall–Kier alpha value is -4.10. The minimum Gasteiger partial charge on any atom is -0.337 e. The van der Waals surface area contributed by atoms with Gasteiger partial charge in [-0.3, -0.25) is 0 Å². The van der Waals surface area contributed by atoms with Gasteiger partial charge in [-0.2, -0.15) is 0 Å². The van der Waals surface area contributed by atoms with Crippen molar-refractivity contribution in [3.8, 4) is 0 Å². The van der Waals surface area contributed by atoms with Crippen molar-refractivity contribution in [3.05, 3.63) is 155 Å². The van der Waals surface area contributed by atoms with E-state index in [1.54, 1.807) is 0 Å². The van der Waals surface area contributed by atoms with E-state index in [1.807, 2.05) is 12.2 Å². The molecule has 0 amide bonds. The lowest BCUT2D eigenvalue weighted by Gasteiger charge is -2.30. The third kappa shape index (κ3) is 7.06. The Balaban J connectivity index is 1.64. The molecule has 0 radical (unpaired) electrons. The molecule has 0 saturated carbocycles. The van der Waals surface area contributed by atoms with Crippen LogP contribution in [0.25, 0.3) is 23.4 Å². The predicted octanol–water partition coefficient (Wildman–Crippen LogP) is 10.4. The van der Waals surface area contributed by atoms with E-state index >= 15 is 0 Å². The maximum Gasteiger partial charge on any atom is 0.0481 e. The van der Waals surface area contributed by atoms with E-state index in [0.717, 1.165) is 35.4 Å². The first-order valence-corrected chi connectivity index (χ1v) is 13.8. The van der Waals surface area contributed by atoms with Gasteiger partial charge in [-0.15, -0.1) is 0 Å². The molecular formula is C38H41N. The van der Waals surface area contributed by atoms with Gasteiger partial charge in [0.1, 0.15) is 0 Å². The highest BCUT2D eigenvalue weighted by molar-refractivity contribution is 5.88. The standard InChI is InChI=1S/C38H41N/c1-8-30-16-18-31(19-17-30)27-39(37(9-2)28(3)13-12-24-38(5,6)7)29(4)32-20-22-33(23-21-32)36-25-34-14-10-11-15-35(34)26-36/h8-23,25H,1-2,4,24,26-27H2,3,5-7H3/b13-12-,37-28+. The molecule has 0 aliphatic heterocycles. The fourth-order valence-corrected chi connectivity index (χ4v) is 4.92. The number of hydrogen-bond donors (Lipinski definition) is 0. The fourth-order valence-electron chi connectivity index (χ4n) is 4.92. The first kappa shape index (κ1) is 27.9. The summed E-state index contributed by atoms with van der Waals surface area (Å²) < 4.78 is 0. The van der Waals surface area contributed by atoms with Crippen LogP contribution in [-0.2, 0) is 13.0 Å². The smallest absolute Gasteiger partial charge is 0.0481 e. The van der Waals surface area contributed by atoms with Crippen LogP contribution in [0.5, 0.6) is 0 Å². The lowest BCUT2D eigenvalue weighted by Crippen LogP contribution is -2.21. The molecule has 4 rings (SSSR count). The van der Waals surface area contributed by atoms with E-state index in [0.29, 0.717) is 6.54 Å². The van der Waals surface area contributed by atoms with Gasteiger partial charge in [-0.05, 0) is 75.8 Å². The van der Waals surface area contributed by atoms with Gasteiger partial charge in [0.25, 0.3) is 0 Å². The number of fused-ring (bicyclic) bond motifs is 1. The number of benzene rings is 3. The minimum absolute atomic E-state index is 0.249. The number of allylic oxidation sites excluding steroid dienone is 5. The van der Waals surface area contributed by atoms with Crippen LogP contribution < -0.4 is 0 Å². The van der Waals surface area contributed by atoms with Gasteiger partial charge in [0.15, 0.2) is 0 Å². The van der Waals surface area contributed by atoms with Gasteiger partial charge in [-0.25, -0.2) is 0 Å². The Morgan fingerprint density at radius 3 is 2.23 bits per heavy atom. The lowest BCUT2D eigenvalue weighted by atomic mass is 9.92. The number of rotatable bonds is 10. The summed E-state index contributed by atoms with van der Waals surface area (Å²) in [6.45, 7) is 22.3. The quantitative estimate of drug-likeness (QED) is 0.245. The van der Waals surface area contributed by atoms with Gasteiger partial charge in [-0.1, -0.05) is 138 Å². The van der Waals surface area contributed by atoms with Crippen LogP contribution in [0, 0.1) is 5.41 Å². The second-order valence-electron chi connectivity index (χ2n) is 11.5. The topological polar surface area (TPSA) is 3.24 Å². The van der Waals surface area contributed by atoms with E-state index in [4.69, 9.17) is 0 Å². The first-order chi connectivity index (χ1) is 18.7. The van der Waals surface area contributed by atoms with Crippen LogP contribution in [0.15, 0.2) is 122 Å². The molecule has 0 aromatic heterocycles. The van der Waals surface area contributed by atoms with Gasteiger partial charge >= 0.3 is 0 Å². The van der Waals surface area contributed by atoms with Crippen LogP contribution in [0.2, 0.25) is 0 Å². The molecule has 1 nitrogen and oxygen atoms in total. The summed E-state index contributed by atoms with van der Waals surface area (Å²) in [5.41, 5.74) is 12.2. The Kier molecular flexibility index (Phi) is 8.72.